The molecule has 0 atom stereocenters. The molecule has 1 aliphatic rings. The fraction of sp³-hybridized carbons (Fsp3) is 0.500. The summed E-state index contributed by atoms with van der Waals surface area (Å²) in [6, 6.07) is 6.95. The van der Waals surface area contributed by atoms with Crippen molar-refractivity contribution in [1.82, 2.24) is 9.80 Å². The van der Waals surface area contributed by atoms with Gasteiger partial charge in [0.1, 0.15) is 0 Å². The van der Waals surface area contributed by atoms with E-state index in [2.05, 4.69) is 0 Å². The van der Waals surface area contributed by atoms with Crippen molar-refractivity contribution in [2.45, 2.75) is 12.1 Å². The van der Waals surface area contributed by atoms with Crippen molar-refractivity contribution >= 4 is 17.5 Å². The maximum absolute atomic E-state index is 12.3. The lowest BCUT2D eigenvalue weighted by Crippen LogP contribution is -2.50. The molecule has 0 aromatic heterocycles. The number of rotatable bonds is 3. The zero-order valence-corrected chi connectivity index (χ0v) is 12.1. The Kier molecular flexibility index (Phi) is 5.11. The van der Waals surface area contributed by atoms with Crippen molar-refractivity contribution in [1.29, 1.82) is 0 Å². The smallest absolute Gasteiger partial charge is 0.336 e. The second-order valence-electron chi connectivity index (χ2n) is 5.01. The molecule has 1 aromatic carbocycles. The summed E-state index contributed by atoms with van der Waals surface area (Å²) in [7, 11) is 0. The molecular weight excluding hydrogens is 305 g/mol. The standard InChI is InChI=1S/C14H16ClF3N2O/c15-9-11-1-3-12(4-2-11)13(21)20-7-5-19(6-8-20)10-14(16,17)18/h1-4H,5-10H2. The number of carbonyl (C=O) groups is 1. The van der Waals surface area contributed by atoms with Crippen molar-refractivity contribution in [2.24, 2.45) is 0 Å². The Hall–Kier alpha value is -1.27. The first-order chi connectivity index (χ1) is 9.89. The van der Waals surface area contributed by atoms with Crippen LogP contribution in [-0.2, 0) is 5.88 Å². The van der Waals surface area contributed by atoms with Crippen molar-refractivity contribution in [2.75, 3.05) is 32.7 Å². The Bertz CT molecular complexity index is 482. The summed E-state index contributed by atoms with van der Waals surface area (Å²) in [5, 5.41) is 0. The van der Waals surface area contributed by atoms with Gasteiger partial charge < -0.3 is 4.90 Å². The Morgan fingerprint density at radius 2 is 1.67 bits per heavy atom. The van der Waals surface area contributed by atoms with Gasteiger partial charge in [0.2, 0.25) is 0 Å². The molecule has 1 heterocycles. The monoisotopic (exact) mass is 320 g/mol. The van der Waals surface area contributed by atoms with Crippen LogP contribution in [0.1, 0.15) is 15.9 Å². The summed E-state index contributed by atoms with van der Waals surface area (Å²) in [6.45, 7) is 0.188. The molecule has 116 valence electrons. The highest BCUT2D eigenvalue weighted by Gasteiger charge is 2.32. The van der Waals surface area contributed by atoms with Gasteiger partial charge in [-0.1, -0.05) is 12.1 Å². The van der Waals surface area contributed by atoms with Crippen molar-refractivity contribution in [3.05, 3.63) is 35.4 Å². The number of halogens is 4. The average molecular weight is 321 g/mol. The van der Waals surface area contributed by atoms with Gasteiger partial charge in [0.05, 0.1) is 6.54 Å². The van der Waals surface area contributed by atoms with Gasteiger partial charge >= 0.3 is 6.18 Å². The fourth-order valence-corrected chi connectivity index (χ4v) is 2.46. The second kappa shape index (κ2) is 6.66. The predicted molar refractivity (Wildman–Crippen MR) is 74.4 cm³/mol. The van der Waals surface area contributed by atoms with Gasteiger partial charge in [-0.3, -0.25) is 9.69 Å². The van der Waals surface area contributed by atoms with Gasteiger partial charge in [0.25, 0.3) is 5.91 Å². The van der Waals surface area contributed by atoms with Crippen LogP contribution in [0.25, 0.3) is 0 Å². The van der Waals surface area contributed by atoms with Crippen LogP contribution in [0.2, 0.25) is 0 Å². The first-order valence-corrected chi connectivity index (χ1v) is 7.16. The molecule has 0 bridgehead atoms. The number of hydrogen-bond donors (Lipinski definition) is 0. The Morgan fingerprint density at radius 3 is 2.14 bits per heavy atom. The first kappa shape index (κ1) is 16.1. The molecule has 7 heteroatoms. The summed E-state index contributed by atoms with van der Waals surface area (Å²) in [5.41, 5.74) is 1.45. The van der Waals surface area contributed by atoms with Gasteiger partial charge in [-0.05, 0) is 17.7 Å². The Labute approximate surface area is 126 Å². The second-order valence-corrected chi connectivity index (χ2v) is 5.28. The quantitative estimate of drug-likeness (QED) is 0.800. The molecular formula is C14H16ClF3N2O. The number of hydrogen-bond acceptors (Lipinski definition) is 2. The number of piperazine rings is 1. The van der Waals surface area contributed by atoms with E-state index in [1.54, 1.807) is 29.2 Å². The number of alkyl halides is 4. The van der Waals surface area contributed by atoms with Crippen LogP contribution in [0, 0.1) is 0 Å². The van der Waals surface area contributed by atoms with Crippen LogP contribution in [0.4, 0.5) is 13.2 Å². The minimum atomic E-state index is -4.19. The molecule has 1 aliphatic heterocycles. The lowest BCUT2D eigenvalue weighted by Gasteiger charge is -2.35. The highest BCUT2D eigenvalue weighted by Crippen LogP contribution is 2.18. The molecule has 1 saturated heterocycles. The van der Waals surface area contributed by atoms with Gasteiger partial charge in [-0.25, -0.2) is 0 Å². The van der Waals surface area contributed by atoms with Crippen LogP contribution in [0.15, 0.2) is 24.3 Å². The maximum Gasteiger partial charge on any atom is 0.401 e. The number of carbonyl (C=O) groups excluding carboxylic acids is 1. The third-order valence-corrected chi connectivity index (χ3v) is 3.73. The summed E-state index contributed by atoms with van der Waals surface area (Å²) in [5.74, 6) is 0.229. The molecule has 1 fully saturated rings. The van der Waals surface area contributed by atoms with Crippen LogP contribution in [0.3, 0.4) is 0 Å². The molecule has 3 nitrogen and oxygen atoms in total. The van der Waals surface area contributed by atoms with Crippen LogP contribution in [-0.4, -0.2) is 54.6 Å². The predicted octanol–water partition coefficient (Wildman–Crippen LogP) is 2.75. The number of nitrogens with zero attached hydrogens (tertiary/aromatic N) is 2. The highest BCUT2D eigenvalue weighted by atomic mass is 35.5. The Morgan fingerprint density at radius 1 is 1.10 bits per heavy atom. The fourth-order valence-electron chi connectivity index (χ4n) is 2.28. The molecule has 0 N–H and O–H groups in total. The van der Waals surface area contributed by atoms with Crippen LogP contribution in [0.5, 0.6) is 0 Å². The van der Waals surface area contributed by atoms with E-state index in [1.807, 2.05) is 0 Å². The average Bonchev–Trinajstić information content (AvgIpc) is 2.46. The molecule has 0 unspecified atom stereocenters. The largest absolute Gasteiger partial charge is 0.401 e. The number of amides is 1. The lowest BCUT2D eigenvalue weighted by molar-refractivity contribution is -0.148. The zero-order valence-electron chi connectivity index (χ0n) is 11.4. The topological polar surface area (TPSA) is 23.6 Å². The molecule has 2 rings (SSSR count). The van der Waals surface area contributed by atoms with E-state index in [-0.39, 0.29) is 19.0 Å². The van der Waals surface area contributed by atoms with Gasteiger partial charge in [-0.2, -0.15) is 13.2 Å². The van der Waals surface area contributed by atoms with E-state index in [4.69, 9.17) is 11.6 Å². The number of benzene rings is 1. The molecule has 0 aliphatic carbocycles. The van der Waals surface area contributed by atoms with Crippen molar-refractivity contribution in [3.8, 4) is 0 Å². The van der Waals surface area contributed by atoms with Gasteiger partial charge in [-0.15, -0.1) is 11.6 Å². The molecule has 0 saturated carbocycles. The zero-order chi connectivity index (χ0) is 15.5. The maximum atomic E-state index is 12.3. The minimum absolute atomic E-state index is 0.150. The normalized spacial score (nSPS) is 17.0. The van der Waals surface area contributed by atoms with E-state index < -0.39 is 12.7 Å². The molecule has 1 amide bonds. The summed E-state index contributed by atoms with van der Waals surface area (Å²) in [6.07, 6.45) is -4.19. The molecule has 21 heavy (non-hydrogen) atoms. The molecule has 0 radical (unpaired) electrons. The van der Waals surface area contributed by atoms with E-state index in [1.165, 1.54) is 4.90 Å². The van der Waals surface area contributed by atoms with Crippen LogP contribution >= 0.6 is 11.6 Å². The minimum Gasteiger partial charge on any atom is -0.336 e. The lowest BCUT2D eigenvalue weighted by atomic mass is 10.1. The summed E-state index contributed by atoms with van der Waals surface area (Å²) < 4.78 is 36.9. The van der Waals surface area contributed by atoms with Gasteiger partial charge in [0.15, 0.2) is 0 Å². The van der Waals surface area contributed by atoms with E-state index in [9.17, 15) is 18.0 Å². The van der Waals surface area contributed by atoms with E-state index in [0.29, 0.717) is 24.5 Å². The SMILES string of the molecule is O=C(c1ccc(CCl)cc1)N1CCN(CC(F)(F)F)CC1. The Balaban J connectivity index is 1.90. The third-order valence-electron chi connectivity index (χ3n) is 3.42. The third kappa shape index (κ3) is 4.61. The summed E-state index contributed by atoms with van der Waals surface area (Å²) in [4.78, 5) is 15.1. The van der Waals surface area contributed by atoms with Gasteiger partial charge in [0, 0.05) is 37.6 Å². The van der Waals surface area contributed by atoms with Crippen molar-refractivity contribution < 1.29 is 18.0 Å². The van der Waals surface area contributed by atoms with E-state index in [0.717, 1.165) is 5.56 Å². The van der Waals surface area contributed by atoms with E-state index >= 15 is 0 Å². The summed E-state index contributed by atoms with van der Waals surface area (Å²) >= 11 is 5.68. The highest BCUT2D eigenvalue weighted by molar-refractivity contribution is 6.17. The first-order valence-electron chi connectivity index (χ1n) is 6.62. The molecule has 1 aromatic rings. The van der Waals surface area contributed by atoms with Crippen molar-refractivity contribution in [3.63, 3.8) is 0 Å². The molecule has 0 spiro atoms. The van der Waals surface area contributed by atoms with Crippen LogP contribution < -0.4 is 0 Å².